The van der Waals surface area contributed by atoms with Crippen molar-refractivity contribution in [1.82, 2.24) is 10.3 Å². The molecule has 0 saturated heterocycles. The molecule has 1 aliphatic rings. The van der Waals surface area contributed by atoms with Crippen LogP contribution in [0.2, 0.25) is 0 Å². The minimum Gasteiger partial charge on any atom is -0.352 e. The van der Waals surface area contributed by atoms with Crippen LogP contribution in [-0.2, 0) is 19.5 Å². The molecule has 0 saturated carbocycles. The van der Waals surface area contributed by atoms with Crippen LogP contribution in [0.4, 0.5) is 5.13 Å². The molecule has 5 heteroatoms. The van der Waals surface area contributed by atoms with Crippen molar-refractivity contribution in [3.63, 3.8) is 0 Å². The van der Waals surface area contributed by atoms with E-state index in [0.29, 0.717) is 18.0 Å². The van der Waals surface area contributed by atoms with Crippen molar-refractivity contribution < 1.29 is 4.79 Å². The van der Waals surface area contributed by atoms with Crippen LogP contribution >= 0.6 is 11.3 Å². The molecular weight excluding hydrogens is 438 g/mol. The highest BCUT2D eigenvalue weighted by molar-refractivity contribution is 7.16. The average molecular weight is 468 g/mol. The highest BCUT2D eigenvalue weighted by Crippen LogP contribution is 2.42. The average Bonchev–Trinajstić information content (AvgIpc) is 3.41. The van der Waals surface area contributed by atoms with E-state index in [1.807, 2.05) is 18.2 Å². The Balaban J connectivity index is 1.38. The number of nitrogens with one attached hydrogen (secondary N) is 1. The van der Waals surface area contributed by atoms with Crippen molar-refractivity contribution in [3.05, 3.63) is 106 Å². The Hall–Kier alpha value is -3.44. The van der Waals surface area contributed by atoms with Gasteiger partial charge in [0.05, 0.1) is 5.69 Å². The van der Waals surface area contributed by atoms with Gasteiger partial charge >= 0.3 is 0 Å². The molecule has 1 amide bonds. The van der Waals surface area contributed by atoms with E-state index in [0.717, 1.165) is 35.9 Å². The Morgan fingerprint density at radius 3 is 2.35 bits per heavy atom. The maximum absolute atomic E-state index is 12.4. The van der Waals surface area contributed by atoms with Crippen LogP contribution in [0.25, 0.3) is 11.3 Å². The summed E-state index contributed by atoms with van der Waals surface area (Å²) in [5.74, 6) is 0.415. The lowest BCUT2D eigenvalue weighted by atomic mass is 10.1. The van der Waals surface area contributed by atoms with Gasteiger partial charge in [-0.25, -0.2) is 4.98 Å². The first-order chi connectivity index (χ1) is 16.6. The summed E-state index contributed by atoms with van der Waals surface area (Å²) in [4.78, 5) is 21.2. The van der Waals surface area contributed by atoms with Gasteiger partial charge in [0.15, 0.2) is 5.13 Å². The summed E-state index contributed by atoms with van der Waals surface area (Å²) in [5, 5.41) is 4.03. The second-order valence-electron chi connectivity index (χ2n) is 9.24. The zero-order valence-electron chi connectivity index (χ0n) is 19.6. The molecule has 1 heterocycles. The van der Waals surface area contributed by atoms with Crippen molar-refractivity contribution in [1.29, 1.82) is 0 Å². The standard InChI is InChI=1S/C29H29N3OS/c1-20(2)17-30-28(33)23-14-12-22(13-15-23)19-32(18-21-8-4-3-5-9-21)29-31-27-25-11-7-6-10-24(25)16-26(27)34-29/h3-15,20H,16-19H2,1-2H3,(H,30,33). The lowest BCUT2D eigenvalue weighted by molar-refractivity contribution is 0.0949. The minimum absolute atomic E-state index is 0.0172. The van der Waals surface area contributed by atoms with Crippen molar-refractivity contribution >= 4 is 22.4 Å². The zero-order valence-corrected chi connectivity index (χ0v) is 20.4. The molecule has 0 spiro atoms. The van der Waals surface area contributed by atoms with E-state index >= 15 is 0 Å². The van der Waals surface area contributed by atoms with Crippen LogP contribution in [0.1, 0.15) is 45.8 Å². The van der Waals surface area contributed by atoms with Crippen LogP contribution in [0.5, 0.6) is 0 Å². The molecule has 0 aliphatic heterocycles. The molecule has 1 aliphatic carbocycles. The van der Waals surface area contributed by atoms with Crippen molar-refractivity contribution in [2.45, 2.75) is 33.4 Å². The van der Waals surface area contributed by atoms with Gasteiger partial charge in [-0.15, -0.1) is 11.3 Å². The van der Waals surface area contributed by atoms with Crippen molar-refractivity contribution in [2.75, 3.05) is 11.4 Å². The van der Waals surface area contributed by atoms with Crippen LogP contribution in [0.15, 0.2) is 78.9 Å². The third-order valence-electron chi connectivity index (χ3n) is 6.06. The number of amides is 1. The minimum atomic E-state index is -0.0172. The first kappa shape index (κ1) is 22.4. The highest BCUT2D eigenvalue weighted by atomic mass is 32.1. The number of hydrogen-bond acceptors (Lipinski definition) is 4. The topological polar surface area (TPSA) is 45.2 Å². The molecule has 0 atom stereocenters. The number of aromatic nitrogens is 1. The molecular formula is C29H29N3OS. The largest absolute Gasteiger partial charge is 0.352 e. The van der Waals surface area contributed by atoms with E-state index in [1.54, 1.807) is 11.3 Å². The van der Waals surface area contributed by atoms with Gasteiger partial charge in [-0.05, 0) is 34.7 Å². The Morgan fingerprint density at radius 2 is 1.62 bits per heavy atom. The maximum atomic E-state index is 12.4. The van der Waals surface area contributed by atoms with Gasteiger partial charge in [0.2, 0.25) is 0 Å². The van der Waals surface area contributed by atoms with Gasteiger partial charge in [-0.2, -0.15) is 0 Å². The fraction of sp³-hybridized carbons (Fsp3) is 0.241. The molecule has 0 radical (unpaired) electrons. The fourth-order valence-electron chi connectivity index (χ4n) is 4.26. The summed E-state index contributed by atoms with van der Waals surface area (Å²) < 4.78 is 0. The molecule has 0 fully saturated rings. The number of carbonyl (C=O) groups is 1. The zero-order chi connectivity index (χ0) is 23.5. The van der Waals surface area contributed by atoms with E-state index in [-0.39, 0.29) is 5.91 Å². The van der Waals surface area contributed by atoms with Gasteiger partial charge in [-0.1, -0.05) is 80.6 Å². The summed E-state index contributed by atoms with van der Waals surface area (Å²) in [5.41, 5.74) is 6.87. The van der Waals surface area contributed by atoms with Crippen LogP contribution < -0.4 is 10.2 Å². The lowest BCUT2D eigenvalue weighted by Crippen LogP contribution is -2.27. The molecule has 0 bridgehead atoms. The molecule has 0 unspecified atom stereocenters. The van der Waals surface area contributed by atoms with Crippen LogP contribution in [-0.4, -0.2) is 17.4 Å². The summed E-state index contributed by atoms with van der Waals surface area (Å²) in [7, 11) is 0. The third kappa shape index (κ3) is 4.90. The van der Waals surface area contributed by atoms with Gasteiger partial charge in [0, 0.05) is 42.1 Å². The molecule has 34 heavy (non-hydrogen) atoms. The quantitative estimate of drug-likeness (QED) is 0.291. The van der Waals surface area contributed by atoms with E-state index in [2.05, 4.69) is 84.7 Å². The Labute approximate surface area is 205 Å². The van der Waals surface area contributed by atoms with Crippen LogP contribution in [0.3, 0.4) is 0 Å². The van der Waals surface area contributed by atoms with E-state index in [4.69, 9.17) is 4.98 Å². The Morgan fingerprint density at radius 1 is 0.941 bits per heavy atom. The Kier molecular flexibility index (Phi) is 6.45. The van der Waals surface area contributed by atoms with E-state index in [1.165, 1.54) is 21.6 Å². The van der Waals surface area contributed by atoms with E-state index < -0.39 is 0 Å². The SMILES string of the molecule is CC(C)CNC(=O)c1ccc(CN(Cc2ccccc2)c2nc3c(s2)Cc2ccccc2-3)cc1. The number of nitrogens with zero attached hydrogens (tertiary/aromatic N) is 2. The molecule has 4 nitrogen and oxygen atoms in total. The normalized spacial score (nSPS) is 11.9. The predicted octanol–water partition coefficient (Wildman–Crippen LogP) is 6.31. The third-order valence-corrected chi connectivity index (χ3v) is 7.17. The van der Waals surface area contributed by atoms with Crippen molar-refractivity contribution in [3.8, 4) is 11.3 Å². The number of carbonyl (C=O) groups excluding carboxylic acids is 1. The fourth-order valence-corrected chi connectivity index (χ4v) is 5.35. The smallest absolute Gasteiger partial charge is 0.251 e. The van der Waals surface area contributed by atoms with Gasteiger partial charge in [0.25, 0.3) is 5.91 Å². The first-order valence-corrected chi connectivity index (χ1v) is 12.6. The summed E-state index contributed by atoms with van der Waals surface area (Å²) >= 11 is 1.79. The number of thiazole rings is 1. The van der Waals surface area contributed by atoms with Gasteiger partial charge in [0.1, 0.15) is 0 Å². The predicted molar refractivity (Wildman–Crippen MR) is 140 cm³/mol. The molecule has 4 aromatic rings. The molecule has 3 aromatic carbocycles. The summed E-state index contributed by atoms with van der Waals surface area (Å²) in [6.07, 6.45) is 0.961. The molecule has 1 N–H and O–H groups in total. The number of hydrogen-bond donors (Lipinski definition) is 1. The summed E-state index contributed by atoms with van der Waals surface area (Å²) in [6.45, 7) is 6.39. The van der Waals surface area contributed by atoms with Crippen molar-refractivity contribution in [2.24, 2.45) is 5.92 Å². The second kappa shape index (κ2) is 9.82. The van der Waals surface area contributed by atoms with Crippen LogP contribution in [0, 0.1) is 5.92 Å². The number of benzene rings is 3. The van der Waals surface area contributed by atoms with E-state index in [9.17, 15) is 4.79 Å². The molecule has 1 aromatic heterocycles. The molecule has 172 valence electrons. The Bertz CT molecular complexity index is 1280. The van der Waals surface area contributed by atoms with Gasteiger partial charge < -0.3 is 10.2 Å². The highest BCUT2D eigenvalue weighted by Gasteiger charge is 2.25. The second-order valence-corrected chi connectivity index (χ2v) is 10.3. The number of rotatable bonds is 8. The lowest BCUT2D eigenvalue weighted by Gasteiger charge is -2.22. The monoisotopic (exact) mass is 467 g/mol. The molecule has 5 rings (SSSR count). The summed E-state index contributed by atoms with van der Waals surface area (Å²) in [6, 6.07) is 27.0. The number of fused-ring (bicyclic) bond motifs is 3. The first-order valence-electron chi connectivity index (χ1n) is 11.8. The van der Waals surface area contributed by atoms with Gasteiger partial charge in [-0.3, -0.25) is 4.79 Å². The number of anilines is 1. The maximum Gasteiger partial charge on any atom is 0.251 e.